The normalized spacial score (nSPS) is 23.9. The van der Waals surface area contributed by atoms with Crippen LogP contribution in [-0.2, 0) is 10.0 Å². The van der Waals surface area contributed by atoms with Gasteiger partial charge in [-0.05, 0) is 38.1 Å². The van der Waals surface area contributed by atoms with Gasteiger partial charge in [0.2, 0.25) is 0 Å². The van der Waals surface area contributed by atoms with E-state index in [0.29, 0.717) is 29.0 Å². The SMILES string of the molecule is CN=C(NCCN1CCCC(C)C1)NC1CCN(S(=O)(=O)C(F)(F)F)CC1.I. The van der Waals surface area contributed by atoms with E-state index in [1.807, 2.05) is 0 Å². The number of sulfonamides is 1. The third-order valence-electron chi connectivity index (χ3n) is 5.11. The number of nitrogens with zero attached hydrogens (tertiary/aromatic N) is 3. The molecule has 12 heteroatoms. The Hall–Kier alpha value is -0.340. The maximum absolute atomic E-state index is 12.6. The van der Waals surface area contributed by atoms with E-state index >= 15 is 0 Å². The van der Waals surface area contributed by atoms with E-state index in [9.17, 15) is 21.6 Å². The fourth-order valence-electron chi connectivity index (χ4n) is 3.60. The van der Waals surface area contributed by atoms with Gasteiger partial charge in [0.05, 0.1) is 0 Å². The van der Waals surface area contributed by atoms with Crippen molar-refractivity contribution in [1.82, 2.24) is 19.8 Å². The smallest absolute Gasteiger partial charge is 0.355 e. The molecule has 1 atom stereocenters. The number of piperidine rings is 2. The minimum absolute atomic E-state index is 0. The van der Waals surface area contributed by atoms with Crippen LogP contribution in [0.15, 0.2) is 4.99 Å². The molecule has 0 spiro atoms. The van der Waals surface area contributed by atoms with Gasteiger partial charge in [0.1, 0.15) is 0 Å². The molecule has 0 aliphatic carbocycles. The Bertz CT molecular complexity index is 610. The van der Waals surface area contributed by atoms with Gasteiger partial charge in [0.15, 0.2) is 5.96 Å². The lowest BCUT2D eigenvalue weighted by molar-refractivity contribution is -0.0494. The number of aliphatic imine (C=N–C) groups is 1. The van der Waals surface area contributed by atoms with Crippen LogP contribution in [-0.4, -0.2) is 81.4 Å². The first kappa shape index (κ1) is 25.7. The lowest BCUT2D eigenvalue weighted by Gasteiger charge is -2.33. The van der Waals surface area contributed by atoms with Gasteiger partial charge in [-0.3, -0.25) is 4.99 Å². The van der Waals surface area contributed by atoms with E-state index in [1.54, 1.807) is 7.05 Å². The van der Waals surface area contributed by atoms with Crippen molar-refractivity contribution in [1.29, 1.82) is 0 Å². The summed E-state index contributed by atoms with van der Waals surface area (Å²) in [5, 5.41) is 6.41. The highest BCUT2D eigenvalue weighted by Gasteiger charge is 2.50. The summed E-state index contributed by atoms with van der Waals surface area (Å²) < 4.78 is 61.3. The number of likely N-dealkylation sites (tertiary alicyclic amines) is 1. The summed E-state index contributed by atoms with van der Waals surface area (Å²) >= 11 is 0. The molecule has 2 saturated heterocycles. The van der Waals surface area contributed by atoms with Crippen LogP contribution in [0.2, 0.25) is 0 Å². The Balaban J connectivity index is 0.00000392. The van der Waals surface area contributed by atoms with Gasteiger partial charge in [0, 0.05) is 45.8 Å². The molecule has 2 fully saturated rings. The minimum Gasteiger partial charge on any atom is -0.355 e. The minimum atomic E-state index is -5.24. The fourth-order valence-corrected chi connectivity index (χ4v) is 4.58. The first-order valence-corrected chi connectivity index (χ1v) is 10.8. The zero-order valence-corrected chi connectivity index (χ0v) is 19.5. The Morgan fingerprint density at radius 3 is 2.36 bits per heavy atom. The number of guanidine groups is 1. The molecule has 0 saturated carbocycles. The van der Waals surface area contributed by atoms with E-state index in [-0.39, 0.29) is 43.1 Å². The highest BCUT2D eigenvalue weighted by Crippen LogP contribution is 2.28. The molecule has 7 nitrogen and oxygen atoms in total. The van der Waals surface area contributed by atoms with Crippen LogP contribution in [0.5, 0.6) is 0 Å². The van der Waals surface area contributed by atoms with E-state index in [2.05, 4.69) is 27.4 Å². The van der Waals surface area contributed by atoms with Crippen molar-refractivity contribution in [3.8, 4) is 0 Å². The summed E-state index contributed by atoms with van der Waals surface area (Å²) in [6, 6.07) is -0.106. The second kappa shape index (κ2) is 11.2. The summed E-state index contributed by atoms with van der Waals surface area (Å²) in [6.45, 7) is 5.79. The van der Waals surface area contributed by atoms with Crippen LogP contribution < -0.4 is 10.6 Å². The second-order valence-corrected chi connectivity index (χ2v) is 9.24. The molecule has 2 N–H and O–H groups in total. The van der Waals surface area contributed by atoms with Crippen molar-refractivity contribution in [3.05, 3.63) is 0 Å². The number of rotatable bonds is 5. The van der Waals surface area contributed by atoms with Crippen LogP contribution in [0.25, 0.3) is 0 Å². The molecule has 2 rings (SSSR count). The van der Waals surface area contributed by atoms with Gasteiger partial charge in [-0.15, -0.1) is 24.0 Å². The number of nitrogens with one attached hydrogen (secondary N) is 2. The molecule has 2 aliphatic heterocycles. The van der Waals surface area contributed by atoms with Gasteiger partial charge >= 0.3 is 15.5 Å². The topological polar surface area (TPSA) is 77.0 Å². The zero-order chi connectivity index (χ0) is 20.1. The van der Waals surface area contributed by atoms with Crippen molar-refractivity contribution in [3.63, 3.8) is 0 Å². The number of hydrogen-bond donors (Lipinski definition) is 2. The quantitative estimate of drug-likeness (QED) is 0.316. The van der Waals surface area contributed by atoms with Gasteiger partial charge in [0.25, 0.3) is 0 Å². The molecule has 2 heterocycles. The Morgan fingerprint density at radius 2 is 1.82 bits per heavy atom. The average molecular weight is 541 g/mol. The van der Waals surface area contributed by atoms with Gasteiger partial charge in [-0.2, -0.15) is 17.5 Å². The third-order valence-corrected chi connectivity index (χ3v) is 6.74. The number of hydrogen-bond acceptors (Lipinski definition) is 4. The van der Waals surface area contributed by atoms with E-state index in [4.69, 9.17) is 0 Å². The molecule has 0 radical (unpaired) electrons. The van der Waals surface area contributed by atoms with Crippen molar-refractivity contribution in [2.45, 2.75) is 44.2 Å². The van der Waals surface area contributed by atoms with Crippen molar-refractivity contribution >= 4 is 40.0 Å². The lowest BCUT2D eigenvalue weighted by atomic mass is 10.0. The summed E-state index contributed by atoms with van der Waals surface area (Å²) in [5.41, 5.74) is -5.24. The summed E-state index contributed by atoms with van der Waals surface area (Å²) in [4.78, 5) is 6.56. The van der Waals surface area contributed by atoms with Crippen LogP contribution >= 0.6 is 24.0 Å². The molecule has 0 aromatic carbocycles. The average Bonchev–Trinajstić information content (AvgIpc) is 2.60. The Morgan fingerprint density at radius 1 is 1.18 bits per heavy atom. The number of alkyl halides is 3. The van der Waals surface area contributed by atoms with Crippen LogP contribution in [0.4, 0.5) is 13.2 Å². The zero-order valence-electron chi connectivity index (χ0n) is 16.3. The van der Waals surface area contributed by atoms with E-state index in [1.165, 1.54) is 12.8 Å². The molecular formula is C16H31F3IN5O2S. The van der Waals surface area contributed by atoms with Crippen molar-refractivity contribution in [2.24, 2.45) is 10.9 Å². The van der Waals surface area contributed by atoms with E-state index < -0.39 is 15.5 Å². The third kappa shape index (κ3) is 7.17. The molecule has 166 valence electrons. The maximum atomic E-state index is 12.6. The second-order valence-electron chi connectivity index (χ2n) is 7.32. The summed E-state index contributed by atoms with van der Waals surface area (Å²) in [5.74, 6) is 1.31. The van der Waals surface area contributed by atoms with Crippen molar-refractivity contribution in [2.75, 3.05) is 46.3 Å². The molecule has 0 bridgehead atoms. The standard InChI is InChI=1S/C16H30F3N5O2S.HI/c1-13-4-3-8-23(12-13)11-7-21-15(20-2)22-14-5-9-24(10-6-14)27(25,26)16(17,18)19;/h13-14H,3-12H2,1-2H3,(H2,20,21,22);1H. The van der Waals surface area contributed by atoms with Gasteiger partial charge < -0.3 is 15.5 Å². The molecule has 1 unspecified atom stereocenters. The van der Waals surface area contributed by atoms with Crippen LogP contribution in [0.3, 0.4) is 0 Å². The fraction of sp³-hybridized carbons (Fsp3) is 0.938. The highest BCUT2D eigenvalue weighted by molar-refractivity contribution is 14.0. The summed E-state index contributed by atoms with van der Waals surface area (Å²) in [7, 11) is -3.59. The maximum Gasteiger partial charge on any atom is 0.511 e. The molecule has 0 amide bonds. The van der Waals surface area contributed by atoms with E-state index in [0.717, 1.165) is 26.2 Å². The van der Waals surface area contributed by atoms with Crippen LogP contribution in [0.1, 0.15) is 32.6 Å². The first-order valence-electron chi connectivity index (χ1n) is 9.39. The Kier molecular flexibility index (Phi) is 10.2. The van der Waals surface area contributed by atoms with Crippen LogP contribution in [0, 0.1) is 5.92 Å². The predicted octanol–water partition coefficient (Wildman–Crippen LogP) is 1.82. The van der Waals surface area contributed by atoms with Crippen molar-refractivity contribution < 1.29 is 21.6 Å². The molecular weight excluding hydrogens is 510 g/mol. The monoisotopic (exact) mass is 541 g/mol. The van der Waals surface area contributed by atoms with Gasteiger partial charge in [-0.1, -0.05) is 6.92 Å². The predicted molar refractivity (Wildman–Crippen MR) is 114 cm³/mol. The van der Waals surface area contributed by atoms with Gasteiger partial charge in [-0.25, -0.2) is 8.42 Å². The lowest BCUT2D eigenvalue weighted by Crippen LogP contribution is -2.52. The first-order chi connectivity index (χ1) is 12.6. The summed E-state index contributed by atoms with van der Waals surface area (Å²) in [6.07, 6.45) is 3.10. The molecule has 0 aromatic rings. The largest absolute Gasteiger partial charge is 0.511 e. The molecule has 2 aliphatic rings. The molecule has 0 aromatic heterocycles. The Labute approximate surface area is 182 Å². The number of halogens is 4. The molecule has 28 heavy (non-hydrogen) atoms. The highest BCUT2D eigenvalue weighted by atomic mass is 127.